The van der Waals surface area contributed by atoms with Crippen LogP contribution in [0.5, 0.6) is 0 Å². The minimum absolute atomic E-state index is 0.103. The van der Waals surface area contributed by atoms with Crippen molar-refractivity contribution in [3.05, 3.63) is 10.4 Å². The average Bonchev–Trinajstić information content (AvgIpc) is 2.32. The highest BCUT2D eigenvalue weighted by Gasteiger charge is 2.11. The summed E-state index contributed by atoms with van der Waals surface area (Å²) in [4.78, 5) is 15.7. The molecule has 1 amide bonds. The van der Waals surface area contributed by atoms with E-state index in [1.807, 2.05) is 0 Å². The van der Waals surface area contributed by atoms with Crippen molar-refractivity contribution in [1.82, 2.24) is 10.2 Å². The smallest absolute Gasteiger partial charge is 0.221 e. The molecule has 0 atom stereocenters. The highest BCUT2D eigenvalue weighted by Crippen LogP contribution is 1.95. The van der Waals surface area contributed by atoms with Gasteiger partial charge >= 0.3 is 0 Å². The number of hydrogen-bond acceptors (Lipinski definition) is 3. The third-order valence-corrected chi connectivity index (χ3v) is 1.98. The fourth-order valence-electron chi connectivity index (χ4n) is 1.27. The van der Waals surface area contributed by atoms with Crippen LogP contribution in [-0.4, -0.2) is 43.5 Å². The van der Waals surface area contributed by atoms with Crippen molar-refractivity contribution < 1.29 is 4.79 Å². The monoisotopic (exact) mass is 183 g/mol. The second-order valence-corrected chi connectivity index (χ2v) is 2.90. The summed E-state index contributed by atoms with van der Waals surface area (Å²) in [5, 5.41) is 6.23. The van der Waals surface area contributed by atoms with Crippen LogP contribution in [0.25, 0.3) is 10.4 Å². The van der Waals surface area contributed by atoms with Crippen LogP contribution in [-0.2, 0) is 4.79 Å². The molecule has 1 rings (SSSR count). The van der Waals surface area contributed by atoms with Crippen molar-refractivity contribution in [2.75, 3.05) is 32.7 Å². The summed E-state index contributed by atoms with van der Waals surface area (Å²) in [6.45, 7) is 3.50. The minimum atomic E-state index is 0.103. The van der Waals surface area contributed by atoms with Gasteiger partial charge in [-0.05, 0) is 5.53 Å². The van der Waals surface area contributed by atoms with Gasteiger partial charge in [-0.1, -0.05) is 5.11 Å². The molecule has 1 heterocycles. The van der Waals surface area contributed by atoms with E-state index in [2.05, 4.69) is 20.2 Å². The summed E-state index contributed by atoms with van der Waals surface area (Å²) in [7, 11) is 0. The standard InChI is InChI=1S/C7H13N5O/c8-11-10-3-6-12-4-1-7(13)9-2-5-12/h1-6H2,(H,9,13). The quantitative estimate of drug-likeness (QED) is 0.383. The predicted molar refractivity (Wildman–Crippen MR) is 48.1 cm³/mol. The van der Waals surface area contributed by atoms with Gasteiger partial charge in [0.25, 0.3) is 0 Å². The maximum atomic E-state index is 10.9. The predicted octanol–water partition coefficient (Wildman–Crippen LogP) is 0.119. The fraction of sp³-hybridized carbons (Fsp3) is 0.857. The topological polar surface area (TPSA) is 81.1 Å². The van der Waals surface area contributed by atoms with E-state index in [0.29, 0.717) is 19.5 Å². The van der Waals surface area contributed by atoms with E-state index in [9.17, 15) is 4.79 Å². The fourth-order valence-corrected chi connectivity index (χ4v) is 1.27. The van der Waals surface area contributed by atoms with E-state index in [0.717, 1.165) is 19.6 Å². The van der Waals surface area contributed by atoms with E-state index >= 15 is 0 Å². The Balaban J connectivity index is 2.25. The second kappa shape index (κ2) is 5.40. The van der Waals surface area contributed by atoms with Crippen molar-refractivity contribution in [3.63, 3.8) is 0 Å². The van der Waals surface area contributed by atoms with Crippen LogP contribution >= 0.6 is 0 Å². The van der Waals surface area contributed by atoms with Crippen molar-refractivity contribution in [3.8, 4) is 0 Å². The minimum Gasteiger partial charge on any atom is -0.355 e. The highest BCUT2D eigenvalue weighted by atomic mass is 16.1. The van der Waals surface area contributed by atoms with Gasteiger partial charge in [-0.15, -0.1) is 0 Å². The molecule has 13 heavy (non-hydrogen) atoms. The Kier molecular flexibility index (Phi) is 4.08. The van der Waals surface area contributed by atoms with Crippen LogP contribution in [0.2, 0.25) is 0 Å². The first-order valence-corrected chi connectivity index (χ1v) is 4.33. The lowest BCUT2D eigenvalue weighted by Crippen LogP contribution is -2.30. The molecular weight excluding hydrogens is 170 g/mol. The molecule has 6 heteroatoms. The maximum Gasteiger partial charge on any atom is 0.221 e. The molecule has 0 saturated carbocycles. The lowest BCUT2D eigenvalue weighted by atomic mass is 10.4. The first-order valence-electron chi connectivity index (χ1n) is 4.33. The third-order valence-electron chi connectivity index (χ3n) is 1.98. The zero-order valence-electron chi connectivity index (χ0n) is 7.44. The number of azide groups is 1. The van der Waals surface area contributed by atoms with Gasteiger partial charge in [0.1, 0.15) is 0 Å². The molecule has 0 aromatic heterocycles. The number of carbonyl (C=O) groups excluding carboxylic acids is 1. The van der Waals surface area contributed by atoms with Crippen molar-refractivity contribution in [1.29, 1.82) is 0 Å². The van der Waals surface area contributed by atoms with Gasteiger partial charge < -0.3 is 10.2 Å². The zero-order valence-corrected chi connectivity index (χ0v) is 7.44. The summed E-state index contributed by atoms with van der Waals surface area (Å²) in [5.41, 5.74) is 8.07. The molecule has 1 saturated heterocycles. The van der Waals surface area contributed by atoms with Gasteiger partial charge in [0, 0.05) is 44.1 Å². The Morgan fingerprint density at radius 3 is 3.23 bits per heavy atom. The largest absolute Gasteiger partial charge is 0.355 e. The van der Waals surface area contributed by atoms with Gasteiger partial charge in [-0.2, -0.15) is 0 Å². The Bertz CT molecular complexity index is 223. The lowest BCUT2D eigenvalue weighted by molar-refractivity contribution is -0.120. The van der Waals surface area contributed by atoms with Gasteiger partial charge in [-0.25, -0.2) is 0 Å². The number of rotatable bonds is 3. The highest BCUT2D eigenvalue weighted by molar-refractivity contribution is 5.76. The van der Waals surface area contributed by atoms with Gasteiger partial charge in [-0.3, -0.25) is 4.79 Å². The number of carbonyl (C=O) groups is 1. The van der Waals surface area contributed by atoms with Gasteiger partial charge in [0.2, 0.25) is 5.91 Å². The average molecular weight is 183 g/mol. The summed E-state index contributed by atoms with van der Waals surface area (Å²) >= 11 is 0. The molecule has 0 aromatic rings. The normalized spacial score (nSPS) is 18.6. The summed E-state index contributed by atoms with van der Waals surface area (Å²) < 4.78 is 0. The zero-order chi connectivity index (χ0) is 9.52. The van der Waals surface area contributed by atoms with Crippen molar-refractivity contribution in [2.24, 2.45) is 5.11 Å². The van der Waals surface area contributed by atoms with Crippen LogP contribution in [0.1, 0.15) is 6.42 Å². The molecule has 0 bridgehead atoms. The summed E-state index contributed by atoms with van der Waals surface area (Å²) in [6.07, 6.45) is 0.538. The Hall–Kier alpha value is -1.26. The third kappa shape index (κ3) is 3.78. The number of nitrogens with zero attached hydrogens (tertiary/aromatic N) is 4. The van der Waals surface area contributed by atoms with Crippen LogP contribution in [0, 0.1) is 0 Å². The summed E-state index contributed by atoms with van der Waals surface area (Å²) in [6, 6.07) is 0. The van der Waals surface area contributed by atoms with Crippen molar-refractivity contribution >= 4 is 5.91 Å². The lowest BCUT2D eigenvalue weighted by Gasteiger charge is -2.16. The van der Waals surface area contributed by atoms with E-state index in [-0.39, 0.29) is 5.91 Å². The molecule has 1 fully saturated rings. The molecule has 1 aliphatic rings. The molecule has 0 aromatic carbocycles. The van der Waals surface area contributed by atoms with E-state index in [4.69, 9.17) is 5.53 Å². The second-order valence-electron chi connectivity index (χ2n) is 2.90. The van der Waals surface area contributed by atoms with Gasteiger partial charge in [0.15, 0.2) is 0 Å². The van der Waals surface area contributed by atoms with Crippen molar-refractivity contribution in [2.45, 2.75) is 6.42 Å². The molecule has 0 spiro atoms. The summed E-state index contributed by atoms with van der Waals surface area (Å²) in [5.74, 6) is 0.103. The van der Waals surface area contributed by atoms with Crippen LogP contribution < -0.4 is 5.32 Å². The Labute approximate surface area is 76.5 Å². The molecule has 0 aliphatic carbocycles. The van der Waals surface area contributed by atoms with Crippen LogP contribution in [0.3, 0.4) is 0 Å². The Morgan fingerprint density at radius 1 is 1.62 bits per heavy atom. The van der Waals surface area contributed by atoms with E-state index < -0.39 is 0 Å². The number of amides is 1. The number of nitrogens with one attached hydrogen (secondary N) is 1. The van der Waals surface area contributed by atoms with E-state index in [1.54, 1.807) is 0 Å². The molecule has 1 N–H and O–H groups in total. The Morgan fingerprint density at radius 2 is 2.46 bits per heavy atom. The first kappa shape index (κ1) is 9.83. The van der Waals surface area contributed by atoms with E-state index in [1.165, 1.54) is 0 Å². The molecule has 0 unspecified atom stereocenters. The molecule has 6 nitrogen and oxygen atoms in total. The number of hydrogen-bond donors (Lipinski definition) is 1. The van der Waals surface area contributed by atoms with Crippen LogP contribution in [0.4, 0.5) is 0 Å². The molecular formula is C7H13N5O. The SMILES string of the molecule is [N-]=[N+]=NCCN1CCNC(=O)CC1. The van der Waals surface area contributed by atoms with Crippen LogP contribution in [0.15, 0.2) is 5.11 Å². The molecule has 0 radical (unpaired) electrons. The van der Waals surface area contributed by atoms with Gasteiger partial charge in [0.05, 0.1) is 0 Å². The molecule has 72 valence electrons. The first-order chi connectivity index (χ1) is 6.33. The maximum absolute atomic E-state index is 10.9. The molecule has 1 aliphatic heterocycles.